The molecule has 180 valence electrons. The van der Waals surface area contributed by atoms with Crippen LogP contribution >= 0.6 is 0 Å². The largest absolute Gasteiger partial charge is 0.488 e. The summed E-state index contributed by atoms with van der Waals surface area (Å²) in [5.74, 6) is -0.456. The lowest BCUT2D eigenvalue weighted by atomic mass is 10.2. The highest BCUT2D eigenvalue weighted by atomic mass is 16.6. The molecule has 0 aliphatic carbocycles. The Morgan fingerprint density at radius 3 is 2.39 bits per heavy atom. The first-order valence-electron chi connectivity index (χ1n) is 10.5. The molecule has 10 heteroatoms. The molecule has 2 rings (SSSR count). The van der Waals surface area contributed by atoms with Crippen LogP contribution in [0.3, 0.4) is 0 Å². The highest BCUT2D eigenvalue weighted by Gasteiger charge is 2.18. The van der Waals surface area contributed by atoms with Gasteiger partial charge in [0.2, 0.25) is 12.3 Å². The highest BCUT2D eigenvalue weighted by molar-refractivity contribution is 5.95. The van der Waals surface area contributed by atoms with Gasteiger partial charge in [0, 0.05) is 12.1 Å². The smallest absolute Gasteiger partial charge is 0.306 e. The monoisotopic (exact) mass is 460 g/mol. The van der Waals surface area contributed by atoms with E-state index in [2.05, 4.69) is 10.6 Å². The number of hydrogen-bond acceptors (Lipinski definition) is 9. The van der Waals surface area contributed by atoms with Crippen LogP contribution in [0.5, 0.6) is 5.75 Å². The maximum atomic E-state index is 12.3. The van der Waals surface area contributed by atoms with Crippen molar-refractivity contribution in [3.63, 3.8) is 0 Å². The van der Waals surface area contributed by atoms with Gasteiger partial charge in [0.25, 0.3) is 0 Å². The van der Waals surface area contributed by atoms with Gasteiger partial charge < -0.3 is 41.4 Å². The fourth-order valence-electron chi connectivity index (χ4n) is 2.72. The van der Waals surface area contributed by atoms with Crippen molar-refractivity contribution in [1.82, 2.24) is 0 Å². The molecule has 1 amide bonds. The number of aliphatic hydroxyl groups excluding tert-OH is 1. The Hall–Kier alpha value is -3.50. The van der Waals surface area contributed by atoms with Crippen LogP contribution in [0.4, 0.5) is 22.7 Å². The van der Waals surface area contributed by atoms with Crippen molar-refractivity contribution in [2.75, 3.05) is 35.3 Å². The van der Waals surface area contributed by atoms with Crippen molar-refractivity contribution in [2.24, 2.45) is 0 Å². The Labute approximate surface area is 193 Å². The number of hydrogen-bond donors (Lipinski definition) is 5. The molecule has 0 saturated heterocycles. The van der Waals surface area contributed by atoms with Crippen LogP contribution in [-0.2, 0) is 19.1 Å². The van der Waals surface area contributed by atoms with Crippen molar-refractivity contribution in [1.29, 1.82) is 0 Å². The summed E-state index contributed by atoms with van der Waals surface area (Å²) in [4.78, 5) is 24.2. The van der Waals surface area contributed by atoms with Crippen molar-refractivity contribution < 1.29 is 28.9 Å². The van der Waals surface area contributed by atoms with Crippen LogP contribution < -0.4 is 26.8 Å². The average molecular weight is 461 g/mol. The summed E-state index contributed by atoms with van der Waals surface area (Å²) in [6, 6.07) is 11.7. The molecule has 0 bridgehead atoms. The Morgan fingerprint density at radius 2 is 1.73 bits per heavy atom. The van der Waals surface area contributed by atoms with Gasteiger partial charge in [0.15, 0.2) is 0 Å². The maximum Gasteiger partial charge on any atom is 0.306 e. The standard InChI is InChI=1S/C23H32N4O6/c1-23(2,3)33-22(30)27-18-7-5-4-6-17(18)26-20(28)10-11-21(29)32-13-12-31-19-9-8-15(24)14-16(19)25/h4-9,14,22,27,30H,10-13,24-25H2,1-3H3,(H,26,28). The number of carbonyl (C=O) groups excluding carboxylic acids is 2. The number of nitrogens with two attached hydrogens (primary N) is 2. The second-order valence-corrected chi connectivity index (χ2v) is 8.19. The number of para-hydroxylation sites is 2. The van der Waals surface area contributed by atoms with E-state index in [1.165, 1.54) is 0 Å². The Balaban J connectivity index is 1.73. The quantitative estimate of drug-likeness (QED) is 0.147. The number of nitrogens with one attached hydrogen (secondary N) is 2. The molecule has 2 aromatic rings. The number of amides is 1. The molecule has 0 aromatic heterocycles. The summed E-state index contributed by atoms with van der Waals surface area (Å²) >= 11 is 0. The zero-order valence-electron chi connectivity index (χ0n) is 19.1. The highest BCUT2D eigenvalue weighted by Crippen LogP contribution is 2.24. The van der Waals surface area contributed by atoms with Crippen molar-refractivity contribution in [3.8, 4) is 5.75 Å². The second kappa shape index (κ2) is 11.9. The fourth-order valence-corrected chi connectivity index (χ4v) is 2.72. The van der Waals surface area contributed by atoms with Crippen LogP contribution in [0, 0.1) is 0 Å². The third kappa shape index (κ3) is 9.67. The van der Waals surface area contributed by atoms with Crippen LogP contribution in [0.15, 0.2) is 42.5 Å². The molecule has 0 radical (unpaired) electrons. The van der Waals surface area contributed by atoms with E-state index >= 15 is 0 Å². The molecular weight excluding hydrogens is 428 g/mol. The predicted octanol–water partition coefficient (Wildman–Crippen LogP) is 2.69. The first-order valence-corrected chi connectivity index (χ1v) is 10.5. The van der Waals surface area contributed by atoms with Gasteiger partial charge in [-0.05, 0) is 51.1 Å². The second-order valence-electron chi connectivity index (χ2n) is 8.19. The normalized spacial score (nSPS) is 12.0. The van der Waals surface area contributed by atoms with Gasteiger partial charge in [-0.15, -0.1) is 0 Å². The van der Waals surface area contributed by atoms with E-state index in [0.717, 1.165) is 0 Å². The number of rotatable bonds is 11. The van der Waals surface area contributed by atoms with E-state index in [9.17, 15) is 14.7 Å². The molecule has 0 aliphatic rings. The molecule has 1 atom stereocenters. The molecule has 10 nitrogen and oxygen atoms in total. The number of benzene rings is 2. The topological polar surface area (TPSA) is 158 Å². The van der Waals surface area contributed by atoms with E-state index < -0.39 is 18.0 Å². The van der Waals surface area contributed by atoms with E-state index in [-0.39, 0.29) is 32.0 Å². The number of ether oxygens (including phenoxy) is 3. The van der Waals surface area contributed by atoms with Crippen LogP contribution in [0.1, 0.15) is 33.6 Å². The lowest BCUT2D eigenvalue weighted by Gasteiger charge is -2.25. The van der Waals surface area contributed by atoms with Gasteiger partial charge in [0.1, 0.15) is 19.0 Å². The summed E-state index contributed by atoms with van der Waals surface area (Å²) in [7, 11) is 0. The van der Waals surface area contributed by atoms with Gasteiger partial charge in [-0.2, -0.15) is 0 Å². The minimum absolute atomic E-state index is 0.0166. The Bertz CT molecular complexity index is 945. The maximum absolute atomic E-state index is 12.3. The summed E-state index contributed by atoms with van der Waals surface area (Å²) in [6.45, 7) is 5.56. The number of esters is 1. The Kier molecular flexibility index (Phi) is 9.31. The van der Waals surface area contributed by atoms with Gasteiger partial charge in [-0.3, -0.25) is 9.59 Å². The van der Waals surface area contributed by atoms with Crippen molar-refractivity contribution in [2.45, 2.75) is 45.6 Å². The fraction of sp³-hybridized carbons (Fsp3) is 0.391. The number of aliphatic hydroxyl groups is 1. The van der Waals surface area contributed by atoms with Gasteiger partial charge in [0.05, 0.1) is 29.1 Å². The van der Waals surface area contributed by atoms with Crippen LogP contribution in [-0.4, -0.2) is 42.2 Å². The summed E-state index contributed by atoms with van der Waals surface area (Å²) in [5, 5.41) is 15.5. The van der Waals surface area contributed by atoms with Crippen molar-refractivity contribution >= 4 is 34.6 Å². The van der Waals surface area contributed by atoms with Gasteiger partial charge in [-0.1, -0.05) is 12.1 Å². The zero-order chi connectivity index (χ0) is 24.4. The lowest BCUT2D eigenvalue weighted by Crippen LogP contribution is -2.32. The third-order valence-corrected chi connectivity index (χ3v) is 4.14. The molecular formula is C23H32N4O6. The molecule has 7 N–H and O–H groups in total. The van der Waals surface area contributed by atoms with Crippen LogP contribution in [0.2, 0.25) is 0 Å². The molecule has 1 unspecified atom stereocenters. The molecule has 33 heavy (non-hydrogen) atoms. The molecule has 0 fully saturated rings. The predicted molar refractivity (Wildman–Crippen MR) is 126 cm³/mol. The molecule has 0 heterocycles. The minimum Gasteiger partial charge on any atom is -0.488 e. The van der Waals surface area contributed by atoms with E-state index in [1.54, 1.807) is 42.5 Å². The summed E-state index contributed by atoms with van der Waals surface area (Å²) in [5.41, 5.74) is 12.7. The van der Waals surface area contributed by atoms with Crippen molar-refractivity contribution in [3.05, 3.63) is 42.5 Å². The Morgan fingerprint density at radius 1 is 1.03 bits per heavy atom. The SMILES string of the molecule is CC(C)(C)OC(O)Nc1ccccc1NC(=O)CCC(=O)OCCOc1ccc(N)cc1N. The zero-order valence-corrected chi connectivity index (χ0v) is 19.1. The number of anilines is 4. The average Bonchev–Trinajstić information content (AvgIpc) is 2.71. The van der Waals surface area contributed by atoms with E-state index in [4.69, 9.17) is 25.7 Å². The summed E-state index contributed by atoms with van der Waals surface area (Å²) < 4.78 is 15.9. The minimum atomic E-state index is -1.26. The third-order valence-electron chi connectivity index (χ3n) is 4.14. The van der Waals surface area contributed by atoms with E-state index in [0.29, 0.717) is 28.5 Å². The first-order chi connectivity index (χ1) is 15.5. The van der Waals surface area contributed by atoms with Crippen LogP contribution in [0.25, 0.3) is 0 Å². The van der Waals surface area contributed by atoms with Gasteiger partial charge in [-0.25, -0.2) is 0 Å². The summed E-state index contributed by atoms with van der Waals surface area (Å²) in [6.07, 6.45) is -1.43. The lowest BCUT2D eigenvalue weighted by molar-refractivity contribution is -0.148. The molecule has 2 aromatic carbocycles. The van der Waals surface area contributed by atoms with Gasteiger partial charge >= 0.3 is 5.97 Å². The molecule has 0 aliphatic heterocycles. The van der Waals surface area contributed by atoms with E-state index in [1.807, 2.05) is 20.8 Å². The first kappa shape index (κ1) is 25.8. The number of carbonyl (C=O) groups is 2. The molecule has 0 spiro atoms. The molecule has 0 saturated carbocycles. The number of nitrogen functional groups attached to an aromatic ring is 2.